The van der Waals surface area contributed by atoms with E-state index in [0.717, 1.165) is 6.07 Å². The van der Waals surface area contributed by atoms with Crippen molar-refractivity contribution in [3.05, 3.63) is 46.9 Å². The molecule has 3 aromatic rings. The molecular weight excluding hydrogens is 450 g/mol. The van der Waals surface area contributed by atoms with Crippen LogP contribution in [0.3, 0.4) is 0 Å². The fourth-order valence-corrected chi connectivity index (χ4v) is 3.82. The van der Waals surface area contributed by atoms with Crippen LogP contribution in [-0.4, -0.2) is 74.0 Å². The van der Waals surface area contributed by atoms with Crippen molar-refractivity contribution < 1.29 is 32.3 Å². The predicted octanol–water partition coefficient (Wildman–Crippen LogP) is -2.59. The van der Waals surface area contributed by atoms with E-state index in [2.05, 4.69) is 19.9 Å². The van der Waals surface area contributed by atoms with E-state index in [9.17, 15) is 28.2 Å². The Bertz CT molecular complexity index is 1320. The van der Waals surface area contributed by atoms with Gasteiger partial charge in [0.25, 0.3) is 11.5 Å². The van der Waals surface area contributed by atoms with Crippen molar-refractivity contribution >= 4 is 33.2 Å². The monoisotopic (exact) mass is 467 g/mol. The number of amides is 1. The van der Waals surface area contributed by atoms with Crippen molar-refractivity contribution in [3.8, 4) is 0 Å². The number of nitrogen functional groups attached to an aromatic ring is 1. The second-order valence-corrected chi connectivity index (χ2v) is 8.06. The normalized spacial score (nSPS) is 23.4. The molecule has 170 valence electrons. The maximum absolute atomic E-state index is 12.1. The Hall–Kier alpha value is -3.44. The number of aliphatic hydroxyl groups is 2. The molecule has 4 rings (SSSR count). The van der Waals surface area contributed by atoms with Crippen LogP contribution in [0.15, 0.2) is 35.8 Å². The summed E-state index contributed by atoms with van der Waals surface area (Å²) in [6.45, 7) is -0.744. The van der Waals surface area contributed by atoms with Gasteiger partial charge in [0.2, 0.25) is 0 Å². The van der Waals surface area contributed by atoms with Crippen LogP contribution in [0.25, 0.3) is 11.2 Å². The van der Waals surface area contributed by atoms with Gasteiger partial charge in [0, 0.05) is 6.20 Å². The summed E-state index contributed by atoms with van der Waals surface area (Å²) in [5.41, 5.74) is 4.96. The number of nitrogens with two attached hydrogens (primary N) is 1. The molecule has 0 bridgehead atoms. The van der Waals surface area contributed by atoms with Gasteiger partial charge < -0.3 is 25.7 Å². The lowest BCUT2D eigenvalue weighted by molar-refractivity contribution is -0.0468. The van der Waals surface area contributed by atoms with Gasteiger partial charge in [-0.1, -0.05) is 0 Å². The van der Waals surface area contributed by atoms with Gasteiger partial charge in [-0.3, -0.25) is 18.3 Å². The first-order chi connectivity index (χ1) is 15.2. The SMILES string of the molecule is Nc1ncnc2c1ncn2[C@@H]1O[C@H](COS(=O)(=O)NC(=O)c2ccc[nH]c2=O)[C@H](O)C1O. The molecule has 1 amide bonds. The van der Waals surface area contributed by atoms with E-state index in [0.29, 0.717) is 0 Å². The Kier molecular flexibility index (Phi) is 5.61. The fourth-order valence-electron chi connectivity index (χ4n) is 3.11. The van der Waals surface area contributed by atoms with Crippen molar-refractivity contribution in [3.63, 3.8) is 0 Å². The predicted molar refractivity (Wildman–Crippen MR) is 105 cm³/mol. The smallest absolute Gasteiger partial charge is 0.362 e. The van der Waals surface area contributed by atoms with Gasteiger partial charge in [0.05, 0.1) is 12.9 Å². The molecule has 15 nitrogen and oxygen atoms in total. The zero-order chi connectivity index (χ0) is 23.0. The van der Waals surface area contributed by atoms with Crippen molar-refractivity contribution in [2.75, 3.05) is 12.3 Å². The van der Waals surface area contributed by atoms with Crippen molar-refractivity contribution in [2.45, 2.75) is 24.5 Å². The molecule has 32 heavy (non-hydrogen) atoms. The van der Waals surface area contributed by atoms with E-state index in [1.807, 2.05) is 0 Å². The summed E-state index contributed by atoms with van der Waals surface area (Å²) in [6.07, 6.45) is -1.78. The number of hydrogen-bond donors (Lipinski definition) is 5. The number of aromatic nitrogens is 5. The number of H-pyrrole nitrogens is 1. The first-order valence-electron chi connectivity index (χ1n) is 9.02. The Labute approximate surface area is 179 Å². The number of imidazole rings is 1. The zero-order valence-electron chi connectivity index (χ0n) is 16.0. The third-order valence-electron chi connectivity index (χ3n) is 4.67. The number of ether oxygens (including phenoxy) is 1. The Morgan fingerprint density at radius 2 is 2.09 bits per heavy atom. The molecule has 1 unspecified atom stereocenters. The van der Waals surface area contributed by atoms with Crippen LogP contribution in [0.2, 0.25) is 0 Å². The number of pyridine rings is 1. The van der Waals surface area contributed by atoms with Crippen LogP contribution in [0.5, 0.6) is 0 Å². The van der Waals surface area contributed by atoms with E-state index in [1.54, 1.807) is 4.72 Å². The molecule has 0 spiro atoms. The summed E-state index contributed by atoms with van der Waals surface area (Å²) in [7, 11) is -4.67. The minimum absolute atomic E-state index is 0.0979. The zero-order valence-corrected chi connectivity index (χ0v) is 16.8. The van der Waals surface area contributed by atoms with Gasteiger partial charge in [-0.05, 0) is 12.1 Å². The molecule has 0 aromatic carbocycles. The van der Waals surface area contributed by atoms with Gasteiger partial charge in [0.15, 0.2) is 17.7 Å². The van der Waals surface area contributed by atoms with E-state index in [-0.39, 0.29) is 17.0 Å². The number of rotatable bonds is 6. The van der Waals surface area contributed by atoms with Gasteiger partial charge in [-0.15, -0.1) is 0 Å². The largest absolute Gasteiger partial charge is 0.387 e. The van der Waals surface area contributed by atoms with E-state index in [4.69, 9.17) is 14.7 Å². The number of nitrogens with one attached hydrogen (secondary N) is 2. The second kappa shape index (κ2) is 8.24. The van der Waals surface area contributed by atoms with Crippen LogP contribution >= 0.6 is 0 Å². The second-order valence-electron chi connectivity index (χ2n) is 6.71. The molecule has 4 atom stereocenters. The average molecular weight is 467 g/mol. The first-order valence-corrected chi connectivity index (χ1v) is 10.4. The number of aliphatic hydroxyl groups excluding tert-OH is 2. The summed E-state index contributed by atoms with van der Waals surface area (Å²) in [5.74, 6) is -1.11. The van der Waals surface area contributed by atoms with Crippen molar-refractivity contribution in [2.24, 2.45) is 0 Å². The first kappa shape index (κ1) is 21.8. The molecule has 4 heterocycles. The summed E-state index contributed by atoms with van der Waals surface area (Å²) >= 11 is 0. The van der Waals surface area contributed by atoms with E-state index < -0.39 is 58.5 Å². The van der Waals surface area contributed by atoms with E-state index in [1.165, 1.54) is 29.5 Å². The Balaban J connectivity index is 1.44. The number of carbonyl (C=O) groups excluding carboxylic acids is 1. The number of nitrogens with zero attached hydrogens (tertiary/aromatic N) is 4. The molecular formula is C16H17N7O8S. The van der Waals surface area contributed by atoms with Crippen molar-refractivity contribution in [1.82, 2.24) is 29.2 Å². The number of fused-ring (bicyclic) bond motifs is 1. The number of aromatic amines is 1. The fraction of sp³-hybridized carbons (Fsp3) is 0.312. The highest BCUT2D eigenvalue weighted by atomic mass is 32.2. The maximum Gasteiger partial charge on any atom is 0.362 e. The molecule has 1 saturated heterocycles. The van der Waals surface area contributed by atoms with Crippen LogP contribution < -0.4 is 16.0 Å². The number of hydrogen-bond acceptors (Lipinski definition) is 12. The molecule has 3 aromatic heterocycles. The lowest BCUT2D eigenvalue weighted by Gasteiger charge is -2.16. The minimum Gasteiger partial charge on any atom is -0.387 e. The average Bonchev–Trinajstić information content (AvgIpc) is 3.29. The molecule has 1 fully saturated rings. The summed E-state index contributed by atoms with van der Waals surface area (Å²) in [6, 6.07) is 2.46. The van der Waals surface area contributed by atoms with Crippen LogP contribution in [0, 0.1) is 0 Å². The molecule has 1 aliphatic heterocycles. The molecule has 1 aliphatic rings. The third kappa shape index (κ3) is 4.04. The molecule has 0 saturated carbocycles. The minimum atomic E-state index is -4.67. The molecule has 0 radical (unpaired) electrons. The molecule has 0 aliphatic carbocycles. The van der Waals surface area contributed by atoms with Gasteiger partial charge in [-0.2, -0.15) is 8.42 Å². The van der Waals surface area contributed by atoms with Crippen LogP contribution in [-0.2, 0) is 19.2 Å². The number of anilines is 1. The van der Waals surface area contributed by atoms with Crippen LogP contribution in [0.4, 0.5) is 5.82 Å². The summed E-state index contributed by atoms with van der Waals surface area (Å²) in [5, 5.41) is 20.6. The van der Waals surface area contributed by atoms with Gasteiger partial charge in [0.1, 0.15) is 35.7 Å². The summed E-state index contributed by atoms with van der Waals surface area (Å²) < 4.78 is 37.3. The lowest BCUT2D eigenvalue weighted by Crippen LogP contribution is -2.39. The topological polar surface area (TPSA) is 225 Å². The highest BCUT2D eigenvalue weighted by Gasteiger charge is 2.45. The molecule has 6 N–H and O–H groups in total. The number of carbonyl (C=O) groups is 1. The van der Waals surface area contributed by atoms with Gasteiger partial charge >= 0.3 is 10.3 Å². The Morgan fingerprint density at radius 3 is 2.84 bits per heavy atom. The van der Waals surface area contributed by atoms with E-state index >= 15 is 0 Å². The lowest BCUT2D eigenvalue weighted by atomic mass is 10.1. The van der Waals surface area contributed by atoms with Crippen molar-refractivity contribution in [1.29, 1.82) is 0 Å². The standard InChI is InChI=1S/C16H17N7O8S/c17-12-9-13(20-5-19-12)23(6-21-9)16-11(25)10(24)8(31-16)4-30-32(28,29)22-15(27)7-2-1-3-18-14(7)26/h1-3,5-6,8,10-11,16,24-25H,4H2,(H,18,26)(H,22,27)(H2,17,19,20)/t8-,10+,11?,16-/m1/s1. The van der Waals surface area contributed by atoms with Gasteiger partial charge in [-0.25, -0.2) is 19.7 Å². The highest BCUT2D eigenvalue weighted by molar-refractivity contribution is 7.85. The molecule has 16 heteroatoms. The maximum atomic E-state index is 12.1. The highest BCUT2D eigenvalue weighted by Crippen LogP contribution is 2.32. The quantitative estimate of drug-likeness (QED) is 0.252. The third-order valence-corrected chi connectivity index (χ3v) is 5.55. The van der Waals surface area contributed by atoms with Crippen LogP contribution in [0.1, 0.15) is 16.6 Å². The Morgan fingerprint density at radius 1 is 1.31 bits per heavy atom. The summed E-state index contributed by atoms with van der Waals surface area (Å²) in [4.78, 5) is 37.7.